The van der Waals surface area contributed by atoms with Crippen molar-refractivity contribution in [2.45, 2.75) is 398 Å². The average molecular weight is 1040 g/mol. The normalized spacial score (nSPS) is 12.5. The predicted molar refractivity (Wildman–Crippen MR) is 324 cm³/mol. The van der Waals surface area contributed by atoms with Crippen molar-refractivity contribution in [3.05, 3.63) is 12.2 Å². The van der Waals surface area contributed by atoms with Gasteiger partial charge in [-0.1, -0.05) is 353 Å². The average Bonchev–Trinajstić information content (AvgIpc) is 3.40. The van der Waals surface area contributed by atoms with Crippen LogP contribution in [0, 0.1) is 0 Å². The van der Waals surface area contributed by atoms with Crippen LogP contribution in [0.3, 0.4) is 0 Å². The van der Waals surface area contributed by atoms with Crippen molar-refractivity contribution < 1.29 is 24.5 Å². The van der Waals surface area contributed by atoms with Crippen molar-refractivity contribution in [2.75, 3.05) is 13.2 Å². The molecule has 0 heterocycles. The highest BCUT2D eigenvalue weighted by atomic mass is 16.5. The minimum Gasteiger partial charge on any atom is -0.466 e. The number of unbranched alkanes of at least 4 members (excludes halogenated alkanes) is 53. The summed E-state index contributed by atoms with van der Waals surface area (Å²) in [6, 6.07) is -0.621. The third-order valence-corrected chi connectivity index (χ3v) is 16.1. The van der Waals surface area contributed by atoms with E-state index < -0.39 is 12.1 Å². The molecule has 0 aromatic rings. The smallest absolute Gasteiger partial charge is 0.305 e. The zero-order valence-corrected chi connectivity index (χ0v) is 50.4. The van der Waals surface area contributed by atoms with Gasteiger partial charge in [0.05, 0.1) is 25.4 Å². The van der Waals surface area contributed by atoms with Gasteiger partial charge in [-0.15, -0.1) is 0 Å². The van der Waals surface area contributed by atoms with Crippen LogP contribution in [0.5, 0.6) is 0 Å². The third-order valence-electron chi connectivity index (χ3n) is 16.1. The molecule has 3 N–H and O–H groups in total. The molecular weight excluding hydrogens is 911 g/mol. The molecule has 0 bridgehead atoms. The lowest BCUT2D eigenvalue weighted by molar-refractivity contribution is -0.143. The Labute approximate surface area is 463 Å². The van der Waals surface area contributed by atoms with Crippen LogP contribution in [0.15, 0.2) is 12.2 Å². The first kappa shape index (κ1) is 72.6. The number of hydrogen-bond donors (Lipinski definition) is 3. The minimum absolute atomic E-state index is 0.0250. The van der Waals surface area contributed by atoms with E-state index in [9.17, 15) is 19.8 Å². The number of esters is 1. The molecule has 440 valence electrons. The van der Waals surface area contributed by atoms with E-state index in [0.29, 0.717) is 19.4 Å². The number of aliphatic hydroxyl groups is 2. The van der Waals surface area contributed by atoms with E-state index in [0.717, 1.165) is 38.5 Å². The Kier molecular flexibility index (Phi) is 62.9. The van der Waals surface area contributed by atoms with Gasteiger partial charge < -0.3 is 20.3 Å². The maximum Gasteiger partial charge on any atom is 0.305 e. The summed E-state index contributed by atoms with van der Waals surface area (Å²) in [6.07, 6.45) is 78.8. The van der Waals surface area contributed by atoms with Crippen molar-refractivity contribution in [1.82, 2.24) is 5.32 Å². The highest BCUT2D eigenvalue weighted by molar-refractivity contribution is 5.76. The fraction of sp³-hybridized carbons (Fsp3) is 0.941. The van der Waals surface area contributed by atoms with E-state index >= 15 is 0 Å². The lowest BCUT2D eigenvalue weighted by Crippen LogP contribution is -2.45. The van der Waals surface area contributed by atoms with Gasteiger partial charge in [-0.3, -0.25) is 9.59 Å². The molecule has 0 saturated carbocycles. The van der Waals surface area contributed by atoms with E-state index in [1.807, 2.05) is 6.08 Å². The van der Waals surface area contributed by atoms with Crippen LogP contribution in [0.25, 0.3) is 0 Å². The lowest BCUT2D eigenvalue weighted by Gasteiger charge is -2.20. The summed E-state index contributed by atoms with van der Waals surface area (Å²) >= 11 is 0. The zero-order chi connectivity index (χ0) is 53.6. The number of ether oxygens (including phenoxy) is 1. The Balaban J connectivity index is 3.28. The summed E-state index contributed by atoms with van der Waals surface area (Å²) < 4.78 is 5.51. The van der Waals surface area contributed by atoms with Gasteiger partial charge >= 0.3 is 5.97 Å². The molecule has 1 amide bonds. The standard InChI is InChI=1S/C68H133NO5/c1-3-5-7-9-11-13-14-15-16-32-36-39-42-46-50-54-58-62-68(73)74-63-59-55-51-47-43-40-37-34-31-29-27-25-23-21-19-17-18-20-22-24-26-28-30-33-35-38-41-45-49-53-57-61-67(72)69-65(64-70)66(71)60-56-52-48-44-12-10-8-6-4-2/h56,60,65-66,70-71H,3-55,57-59,61-64H2,1-2H3,(H,69,72)/b60-56+. The Morgan fingerprint density at radius 2 is 0.622 bits per heavy atom. The maximum absolute atomic E-state index is 12.4. The molecule has 2 atom stereocenters. The first-order chi connectivity index (χ1) is 36.5. The molecule has 74 heavy (non-hydrogen) atoms. The fourth-order valence-electron chi connectivity index (χ4n) is 10.9. The second-order valence-corrected chi connectivity index (χ2v) is 23.5. The second-order valence-electron chi connectivity index (χ2n) is 23.5. The molecule has 6 nitrogen and oxygen atoms in total. The Morgan fingerprint density at radius 3 is 0.919 bits per heavy atom. The molecule has 0 rings (SSSR count). The van der Waals surface area contributed by atoms with Crippen LogP contribution in [-0.2, 0) is 14.3 Å². The number of rotatable bonds is 64. The van der Waals surface area contributed by atoms with Gasteiger partial charge in [-0.2, -0.15) is 0 Å². The topological polar surface area (TPSA) is 95.9 Å². The maximum atomic E-state index is 12.4. The van der Waals surface area contributed by atoms with Gasteiger partial charge in [-0.05, 0) is 32.1 Å². The summed E-state index contributed by atoms with van der Waals surface area (Å²) in [7, 11) is 0. The summed E-state index contributed by atoms with van der Waals surface area (Å²) in [5, 5.41) is 23.0. The van der Waals surface area contributed by atoms with Crippen LogP contribution in [-0.4, -0.2) is 47.4 Å². The minimum atomic E-state index is -0.838. The Morgan fingerprint density at radius 1 is 0.365 bits per heavy atom. The van der Waals surface area contributed by atoms with Gasteiger partial charge in [0.25, 0.3) is 0 Å². The first-order valence-electron chi connectivity index (χ1n) is 34.0. The zero-order valence-electron chi connectivity index (χ0n) is 50.4. The van der Waals surface area contributed by atoms with Gasteiger partial charge in [0.2, 0.25) is 5.91 Å². The molecule has 2 unspecified atom stereocenters. The van der Waals surface area contributed by atoms with E-state index in [2.05, 4.69) is 19.2 Å². The summed E-state index contributed by atoms with van der Waals surface area (Å²) in [5.74, 6) is -0.0397. The molecule has 0 radical (unpaired) electrons. The third kappa shape index (κ3) is 59.8. The van der Waals surface area contributed by atoms with Gasteiger partial charge in [0, 0.05) is 12.8 Å². The number of aliphatic hydroxyl groups excluding tert-OH is 2. The van der Waals surface area contributed by atoms with Crippen LogP contribution < -0.4 is 5.32 Å². The Hall–Kier alpha value is -1.40. The number of carbonyl (C=O) groups is 2. The monoisotopic (exact) mass is 1040 g/mol. The fourth-order valence-corrected chi connectivity index (χ4v) is 10.9. The van der Waals surface area contributed by atoms with E-state index in [4.69, 9.17) is 4.74 Å². The number of hydrogen-bond acceptors (Lipinski definition) is 5. The molecule has 0 fully saturated rings. The molecule has 0 spiro atoms. The summed E-state index contributed by atoms with van der Waals surface area (Å²) in [5.41, 5.74) is 0. The van der Waals surface area contributed by atoms with Gasteiger partial charge in [0.15, 0.2) is 0 Å². The van der Waals surface area contributed by atoms with Crippen molar-refractivity contribution in [3.63, 3.8) is 0 Å². The first-order valence-corrected chi connectivity index (χ1v) is 34.0. The molecule has 6 heteroatoms. The van der Waals surface area contributed by atoms with Crippen molar-refractivity contribution in [2.24, 2.45) is 0 Å². The molecule has 0 aromatic carbocycles. The van der Waals surface area contributed by atoms with E-state index in [1.165, 1.54) is 321 Å². The molecule has 0 aliphatic carbocycles. The lowest BCUT2D eigenvalue weighted by atomic mass is 10.0. The number of amides is 1. The number of carbonyl (C=O) groups excluding carboxylic acids is 2. The summed E-state index contributed by atoms with van der Waals surface area (Å²) in [4.78, 5) is 24.5. The van der Waals surface area contributed by atoms with Gasteiger partial charge in [-0.25, -0.2) is 0 Å². The van der Waals surface area contributed by atoms with Crippen LogP contribution in [0.1, 0.15) is 386 Å². The van der Waals surface area contributed by atoms with Crippen LogP contribution in [0.2, 0.25) is 0 Å². The van der Waals surface area contributed by atoms with Crippen LogP contribution >= 0.6 is 0 Å². The van der Waals surface area contributed by atoms with Crippen molar-refractivity contribution >= 4 is 11.9 Å². The van der Waals surface area contributed by atoms with Crippen molar-refractivity contribution in [3.8, 4) is 0 Å². The molecule has 0 aliphatic heterocycles. The van der Waals surface area contributed by atoms with Crippen LogP contribution in [0.4, 0.5) is 0 Å². The largest absolute Gasteiger partial charge is 0.466 e. The predicted octanol–water partition coefficient (Wildman–Crippen LogP) is 21.6. The molecule has 0 aromatic heterocycles. The Bertz CT molecular complexity index is 1110. The second kappa shape index (κ2) is 64.1. The van der Waals surface area contributed by atoms with Crippen molar-refractivity contribution in [1.29, 1.82) is 0 Å². The quantitative estimate of drug-likeness (QED) is 0.0320. The molecule has 0 saturated heterocycles. The number of allylic oxidation sites excluding steroid dienone is 1. The SMILES string of the molecule is CCCCCCCCC/C=C/C(O)C(CO)NC(=O)CCCCCCCCCCCCCCCCCCCCCCCCCCCCCCCCCOC(=O)CCCCCCCCCCCCCCCCCCC. The highest BCUT2D eigenvalue weighted by Crippen LogP contribution is 2.19. The number of nitrogens with one attached hydrogen (secondary N) is 1. The van der Waals surface area contributed by atoms with Gasteiger partial charge in [0.1, 0.15) is 0 Å². The highest BCUT2D eigenvalue weighted by Gasteiger charge is 2.18. The molecule has 0 aliphatic rings. The van der Waals surface area contributed by atoms with E-state index in [-0.39, 0.29) is 18.5 Å². The molecular formula is C68H133NO5. The summed E-state index contributed by atoms with van der Waals surface area (Å²) in [6.45, 7) is 4.91. The van der Waals surface area contributed by atoms with E-state index in [1.54, 1.807) is 6.08 Å².